The number of benzene rings is 2. The Morgan fingerprint density at radius 3 is 2.37 bits per heavy atom. The molecule has 1 aliphatic rings. The van der Waals surface area contributed by atoms with Gasteiger partial charge in [-0.2, -0.15) is 5.26 Å². The number of fused-ring (bicyclic) bond motifs is 1. The van der Waals surface area contributed by atoms with Gasteiger partial charge in [-0.15, -0.1) is 0 Å². The summed E-state index contributed by atoms with van der Waals surface area (Å²) in [5, 5.41) is 28.7. The second-order valence-corrected chi connectivity index (χ2v) is 8.01. The standard InChI is InChI=1S/C17H12F3NO5S/c1-27(24,25)12-3-2-11(13-14(12)16(23)17(19,20)15(13)22)26-10-5-8(7-21)4-9(18)6-10/h2-6,15-16,22-23H,1H3. The van der Waals surface area contributed by atoms with Crippen LogP contribution in [0.25, 0.3) is 0 Å². The van der Waals surface area contributed by atoms with Crippen LogP contribution in [0.1, 0.15) is 28.9 Å². The van der Waals surface area contributed by atoms with Crippen molar-refractivity contribution in [2.24, 2.45) is 0 Å². The average Bonchev–Trinajstić information content (AvgIpc) is 2.75. The van der Waals surface area contributed by atoms with Gasteiger partial charge in [-0.05, 0) is 24.3 Å². The maximum absolute atomic E-state index is 14.1. The van der Waals surface area contributed by atoms with Crippen LogP contribution >= 0.6 is 0 Å². The van der Waals surface area contributed by atoms with Gasteiger partial charge < -0.3 is 14.9 Å². The van der Waals surface area contributed by atoms with Crippen LogP contribution < -0.4 is 4.74 Å². The highest BCUT2D eigenvalue weighted by molar-refractivity contribution is 7.90. The third-order valence-corrected chi connectivity index (χ3v) is 5.27. The number of aliphatic hydroxyl groups excluding tert-OH is 2. The lowest BCUT2D eigenvalue weighted by atomic mass is 10.1. The summed E-state index contributed by atoms with van der Waals surface area (Å²) >= 11 is 0. The van der Waals surface area contributed by atoms with E-state index < -0.39 is 55.6 Å². The number of nitriles is 1. The zero-order valence-corrected chi connectivity index (χ0v) is 14.5. The van der Waals surface area contributed by atoms with E-state index in [4.69, 9.17) is 10.00 Å². The number of hydrogen-bond donors (Lipinski definition) is 2. The van der Waals surface area contributed by atoms with Crippen molar-refractivity contribution in [1.29, 1.82) is 5.26 Å². The molecule has 0 bridgehead atoms. The van der Waals surface area contributed by atoms with E-state index in [2.05, 4.69) is 0 Å². The number of hydrogen-bond acceptors (Lipinski definition) is 6. The molecule has 0 spiro atoms. The largest absolute Gasteiger partial charge is 0.457 e. The van der Waals surface area contributed by atoms with Gasteiger partial charge in [-0.1, -0.05) is 0 Å². The molecule has 0 aromatic heterocycles. The molecule has 3 rings (SSSR count). The van der Waals surface area contributed by atoms with Crippen LogP contribution in [0.5, 0.6) is 11.5 Å². The molecule has 0 amide bonds. The fourth-order valence-electron chi connectivity index (χ4n) is 2.92. The molecular formula is C17H12F3NO5S. The van der Waals surface area contributed by atoms with Gasteiger partial charge in [0.1, 0.15) is 29.5 Å². The van der Waals surface area contributed by atoms with Crippen molar-refractivity contribution in [3.05, 3.63) is 52.8 Å². The third kappa shape index (κ3) is 3.14. The van der Waals surface area contributed by atoms with Crippen LogP contribution in [0.3, 0.4) is 0 Å². The molecule has 0 saturated carbocycles. The minimum atomic E-state index is -4.05. The molecule has 0 fully saturated rings. The number of sulfone groups is 1. The second kappa shape index (κ2) is 6.23. The van der Waals surface area contributed by atoms with E-state index >= 15 is 0 Å². The Morgan fingerprint density at radius 2 is 1.78 bits per heavy atom. The van der Waals surface area contributed by atoms with Gasteiger partial charge in [0.05, 0.1) is 16.5 Å². The summed E-state index contributed by atoms with van der Waals surface area (Å²) in [7, 11) is -4.00. The average molecular weight is 399 g/mol. The molecule has 142 valence electrons. The van der Waals surface area contributed by atoms with E-state index in [1.165, 1.54) is 0 Å². The molecule has 2 N–H and O–H groups in total. The zero-order chi connectivity index (χ0) is 20.1. The molecule has 10 heteroatoms. The van der Waals surface area contributed by atoms with Gasteiger partial charge in [0, 0.05) is 23.4 Å². The first kappa shape index (κ1) is 19.2. The summed E-state index contributed by atoms with van der Waals surface area (Å²) < 4.78 is 70.9. The molecule has 2 aromatic rings. The summed E-state index contributed by atoms with van der Waals surface area (Å²) in [4.78, 5) is -0.578. The SMILES string of the molecule is CS(=O)(=O)c1ccc(Oc2cc(F)cc(C#N)c2)c2c1C(O)C(F)(F)C2O. The van der Waals surface area contributed by atoms with E-state index in [-0.39, 0.29) is 11.3 Å². The fraction of sp³-hybridized carbons (Fsp3) is 0.235. The van der Waals surface area contributed by atoms with Gasteiger partial charge in [0.15, 0.2) is 9.84 Å². The Hall–Kier alpha value is -2.61. The topological polar surface area (TPSA) is 108 Å². The minimum absolute atomic E-state index is 0.0969. The fourth-order valence-corrected chi connectivity index (χ4v) is 3.86. The van der Waals surface area contributed by atoms with Crippen molar-refractivity contribution >= 4 is 9.84 Å². The number of halogens is 3. The highest BCUT2D eigenvalue weighted by Gasteiger charge is 2.57. The molecule has 2 atom stereocenters. The smallest absolute Gasteiger partial charge is 0.307 e. The van der Waals surface area contributed by atoms with Crippen LogP contribution in [0, 0.1) is 17.1 Å². The zero-order valence-electron chi connectivity index (χ0n) is 13.6. The molecule has 0 radical (unpaired) electrons. The normalized spacial score (nSPS) is 20.8. The summed E-state index contributed by atoms with van der Waals surface area (Å²) in [6.07, 6.45) is -4.34. The van der Waals surface area contributed by atoms with Gasteiger partial charge in [0.2, 0.25) is 0 Å². The Morgan fingerprint density at radius 1 is 1.15 bits per heavy atom. The first-order valence-electron chi connectivity index (χ1n) is 7.46. The quantitative estimate of drug-likeness (QED) is 0.822. The number of ether oxygens (including phenoxy) is 1. The van der Waals surface area contributed by atoms with Crippen molar-refractivity contribution < 1.29 is 36.5 Å². The monoisotopic (exact) mass is 399 g/mol. The predicted octanol–water partition coefficient (Wildman–Crippen LogP) is 2.61. The minimum Gasteiger partial charge on any atom is -0.457 e. The number of aliphatic hydroxyl groups is 2. The van der Waals surface area contributed by atoms with Gasteiger partial charge in [-0.25, -0.2) is 21.6 Å². The summed E-state index contributed by atoms with van der Waals surface area (Å²) in [6, 6.07) is 6.61. The molecule has 6 nitrogen and oxygen atoms in total. The molecule has 2 aromatic carbocycles. The molecule has 0 aliphatic heterocycles. The first-order chi connectivity index (χ1) is 12.5. The Balaban J connectivity index is 2.21. The second-order valence-electron chi connectivity index (χ2n) is 6.03. The van der Waals surface area contributed by atoms with Crippen molar-refractivity contribution in [2.45, 2.75) is 23.0 Å². The third-order valence-electron chi connectivity index (χ3n) is 4.11. The van der Waals surface area contributed by atoms with E-state index in [1.807, 2.05) is 0 Å². The number of rotatable bonds is 3. The first-order valence-corrected chi connectivity index (χ1v) is 9.35. The molecular weight excluding hydrogens is 387 g/mol. The lowest BCUT2D eigenvalue weighted by Crippen LogP contribution is -2.26. The molecule has 27 heavy (non-hydrogen) atoms. The summed E-state index contributed by atoms with van der Waals surface area (Å²) in [6.45, 7) is 0. The maximum atomic E-state index is 14.1. The number of alkyl halides is 2. The van der Waals surface area contributed by atoms with Crippen molar-refractivity contribution in [3.8, 4) is 17.6 Å². The van der Waals surface area contributed by atoms with Gasteiger partial charge in [-0.3, -0.25) is 0 Å². The van der Waals surface area contributed by atoms with Crippen molar-refractivity contribution in [2.75, 3.05) is 6.26 Å². The Labute approximate surface area is 152 Å². The van der Waals surface area contributed by atoms with Crippen molar-refractivity contribution in [1.82, 2.24) is 0 Å². The molecule has 2 unspecified atom stereocenters. The predicted molar refractivity (Wildman–Crippen MR) is 85.6 cm³/mol. The summed E-state index contributed by atoms with van der Waals surface area (Å²) in [5.41, 5.74) is -1.39. The molecule has 1 aliphatic carbocycles. The molecule has 0 heterocycles. The van der Waals surface area contributed by atoms with Crippen LogP contribution in [0.2, 0.25) is 0 Å². The number of nitrogens with zero attached hydrogens (tertiary/aromatic N) is 1. The van der Waals surface area contributed by atoms with Crippen LogP contribution in [0.15, 0.2) is 35.2 Å². The summed E-state index contributed by atoms with van der Waals surface area (Å²) in [5.74, 6) is -5.49. The van der Waals surface area contributed by atoms with E-state index in [9.17, 15) is 31.8 Å². The van der Waals surface area contributed by atoms with Gasteiger partial charge in [0.25, 0.3) is 0 Å². The molecule has 0 saturated heterocycles. The lowest BCUT2D eigenvalue weighted by Gasteiger charge is -2.18. The van der Waals surface area contributed by atoms with Crippen LogP contribution in [-0.4, -0.2) is 30.8 Å². The van der Waals surface area contributed by atoms with Crippen LogP contribution in [-0.2, 0) is 9.84 Å². The maximum Gasteiger partial charge on any atom is 0.307 e. The van der Waals surface area contributed by atoms with Gasteiger partial charge >= 0.3 is 5.92 Å². The highest BCUT2D eigenvalue weighted by atomic mass is 32.2. The van der Waals surface area contributed by atoms with E-state index in [0.29, 0.717) is 0 Å². The lowest BCUT2D eigenvalue weighted by molar-refractivity contribution is -0.166. The van der Waals surface area contributed by atoms with E-state index in [1.54, 1.807) is 6.07 Å². The Kier molecular flexibility index (Phi) is 4.42. The van der Waals surface area contributed by atoms with Crippen molar-refractivity contribution in [3.63, 3.8) is 0 Å². The highest BCUT2D eigenvalue weighted by Crippen LogP contribution is 2.55. The van der Waals surface area contributed by atoms with E-state index in [0.717, 1.165) is 36.6 Å². The Bertz CT molecular complexity index is 1080. The van der Waals surface area contributed by atoms with Crippen LogP contribution in [0.4, 0.5) is 13.2 Å².